The summed E-state index contributed by atoms with van der Waals surface area (Å²) in [7, 11) is 0. The number of aliphatic hydroxyl groups excluding tert-OH is 1. The van der Waals surface area contributed by atoms with Crippen LogP contribution in [0.3, 0.4) is 0 Å². The van der Waals surface area contributed by atoms with Gasteiger partial charge >= 0.3 is 0 Å². The number of nitrogens with zero attached hydrogens (tertiary/aromatic N) is 2. The molecule has 94 valence electrons. The van der Waals surface area contributed by atoms with E-state index in [4.69, 9.17) is 11.6 Å². The SMILES string of the molecule is CCn1cc(Cl)cc1C(=O)N1CCCC(O)C1. The lowest BCUT2D eigenvalue weighted by Gasteiger charge is -2.30. The van der Waals surface area contributed by atoms with E-state index in [1.165, 1.54) is 0 Å². The molecule has 0 aromatic carbocycles. The first kappa shape index (κ1) is 12.5. The van der Waals surface area contributed by atoms with Crippen LogP contribution >= 0.6 is 11.6 Å². The van der Waals surface area contributed by atoms with Crippen LogP contribution in [0.1, 0.15) is 30.3 Å². The molecule has 1 amide bonds. The number of carbonyl (C=O) groups excluding carboxylic acids is 1. The number of β-amino-alcohol motifs (C(OH)–C–C–N with tert-alkyl or cyclic N) is 1. The quantitative estimate of drug-likeness (QED) is 0.876. The number of aryl methyl sites for hydroxylation is 1. The number of aliphatic hydroxyl groups is 1. The van der Waals surface area contributed by atoms with Gasteiger partial charge in [0.2, 0.25) is 0 Å². The maximum atomic E-state index is 12.3. The number of hydrogen-bond acceptors (Lipinski definition) is 2. The first-order chi connectivity index (χ1) is 8.11. The summed E-state index contributed by atoms with van der Waals surface area (Å²) in [5, 5.41) is 10.2. The average Bonchev–Trinajstić information content (AvgIpc) is 2.69. The highest BCUT2D eigenvalue weighted by Crippen LogP contribution is 2.18. The molecule has 2 heterocycles. The summed E-state index contributed by atoms with van der Waals surface area (Å²) in [5.74, 6) is -0.0440. The van der Waals surface area contributed by atoms with E-state index < -0.39 is 6.10 Å². The van der Waals surface area contributed by atoms with Gasteiger partial charge in [-0.3, -0.25) is 4.79 Å². The second kappa shape index (κ2) is 5.10. The Morgan fingerprint density at radius 1 is 1.65 bits per heavy atom. The van der Waals surface area contributed by atoms with Crippen LogP contribution in [-0.4, -0.2) is 39.7 Å². The summed E-state index contributed by atoms with van der Waals surface area (Å²) in [6.45, 7) is 3.82. The van der Waals surface area contributed by atoms with Crippen molar-refractivity contribution in [2.24, 2.45) is 0 Å². The molecule has 1 aliphatic rings. The van der Waals surface area contributed by atoms with Gasteiger partial charge < -0.3 is 14.6 Å². The molecule has 17 heavy (non-hydrogen) atoms. The Bertz CT molecular complexity index is 417. The van der Waals surface area contributed by atoms with Gasteiger partial charge in [-0.1, -0.05) is 11.6 Å². The van der Waals surface area contributed by atoms with Crippen LogP contribution in [0.5, 0.6) is 0 Å². The van der Waals surface area contributed by atoms with E-state index >= 15 is 0 Å². The van der Waals surface area contributed by atoms with Crippen LogP contribution in [-0.2, 0) is 6.54 Å². The van der Waals surface area contributed by atoms with Gasteiger partial charge in [0.15, 0.2) is 0 Å². The predicted octanol–water partition coefficient (Wildman–Crippen LogP) is 1.76. The van der Waals surface area contributed by atoms with Crippen LogP contribution in [0.2, 0.25) is 5.02 Å². The summed E-state index contributed by atoms with van der Waals surface area (Å²) in [5.41, 5.74) is 0.603. The summed E-state index contributed by atoms with van der Waals surface area (Å²) in [6.07, 6.45) is 3.00. The van der Waals surface area contributed by atoms with Crippen molar-refractivity contribution >= 4 is 17.5 Å². The summed E-state index contributed by atoms with van der Waals surface area (Å²) in [6, 6.07) is 1.69. The number of piperidine rings is 1. The molecule has 0 aliphatic carbocycles. The summed E-state index contributed by atoms with van der Waals surface area (Å²) in [4.78, 5) is 14.0. The number of aromatic nitrogens is 1. The second-order valence-corrected chi connectivity index (χ2v) is 4.81. The van der Waals surface area contributed by atoms with Gasteiger partial charge in [0.05, 0.1) is 11.1 Å². The lowest BCUT2D eigenvalue weighted by molar-refractivity contribution is 0.0465. The largest absolute Gasteiger partial charge is 0.391 e. The van der Waals surface area contributed by atoms with Crippen molar-refractivity contribution < 1.29 is 9.90 Å². The molecule has 1 aromatic heterocycles. The molecule has 1 aromatic rings. The van der Waals surface area contributed by atoms with E-state index in [0.29, 0.717) is 30.4 Å². The normalized spacial score (nSPS) is 20.6. The molecule has 1 fully saturated rings. The lowest BCUT2D eigenvalue weighted by Crippen LogP contribution is -2.42. The van der Waals surface area contributed by atoms with Crippen LogP contribution < -0.4 is 0 Å². The number of halogens is 1. The highest BCUT2D eigenvalue weighted by molar-refractivity contribution is 6.31. The van der Waals surface area contributed by atoms with Gasteiger partial charge in [-0.2, -0.15) is 0 Å². The van der Waals surface area contributed by atoms with E-state index in [9.17, 15) is 9.90 Å². The third-order valence-electron chi connectivity index (χ3n) is 3.11. The lowest BCUT2D eigenvalue weighted by atomic mass is 10.1. The van der Waals surface area contributed by atoms with E-state index in [1.807, 2.05) is 11.5 Å². The van der Waals surface area contributed by atoms with Crippen molar-refractivity contribution in [1.82, 2.24) is 9.47 Å². The molecule has 1 N–H and O–H groups in total. The summed E-state index contributed by atoms with van der Waals surface area (Å²) < 4.78 is 1.84. The smallest absolute Gasteiger partial charge is 0.270 e. The minimum absolute atomic E-state index is 0.0440. The van der Waals surface area contributed by atoms with E-state index in [0.717, 1.165) is 12.8 Å². The Morgan fingerprint density at radius 2 is 2.41 bits per heavy atom. The van der Waals surface area contributed by atoms with Crippen molar-refractivity contribution in [3.05, 3.63) is 23.0 Å². The molecule has 1 unspecified atom stereocenters. The fourth-order valence-electron chi connectivity index (χ4n) is 2.22. The van der Waals surface area contributed by atoms with Crippen molar-refractivity contribution in [1.29, 1.82) is 0 Å². The molecule has 1 atom stereocenters. The minimum atomic E-state index is -0.395. The van der Waals surface area contributed by atoms with Crippen molar-refractivity contribution in [2.45, 2.75) is 32.4 Å². The third kappa shape index (κ3) is 2.64. The van der Waals surface area contributed by atoms with Gasteiger partial charge in [-0.15, -0.1) is 0 Å². The highest BCUT2D eigenvalue weighted by atomic mass is 35.5. The van der Waals surface area contributed by atoms with Crippen LogP contribution in [0.15, 0.2) is 12.3 Å². The Kier molecular flexibility index (Phi) is 3.74. The zero-order valence-electron chi connectivity index (χ0n) is 9.90. The topological polar surface area (TPSA) is 45.5 Å². The van der Waals surface area contributed by atoms with Crippen LogP contribution in [0.25, 0.3) is 0 Å². The monoisotopic (exact) mass is 256 g/mol. The molecule has 1 aliphatic heterocycles. The molecular formula is C12H17ClN2O2. The van der Waals surface area contributed by atoms with E-state index in [-0.39, 0.29) is 5.91 Å². The fraction of sp³-hybridized carbons (Fsp3) is 0.583. The number of rotatable bonds is 2. The van der Waals surface area contributed by atoms with Gasteiger partial charge in [-0.25, -0.2) is 0 Å². The second-order valence-electron chi connectivity index (χ2n) is 4.38. The van der Waals surface area contributed by atoms with Gasteiger partial charge in [0.25, 0.3) is 5.91 Å². The molecule has 0 bridgehead atoms. The van der Waals surface area contributed by atoms with Crippen molar-refractivity contribution in [3.63, 3.8) is 0 Å². The molecule has 0 radical (unpaired) electrons. The van der Waals surface area contributed by atoms with Crippen LogP contribution in [0, 0.1) is 0 Å². The molecular weight excluding hydrogens is 240 g/mol. The average molecular weight is 257 g/mol. The maximum absolute atomic E-state index is 12.3. The first-order valence-corrected chi connectivity index (χ1v) is 6.32. The molecule has 0 saturated carbocycles. The molecule has 5 heteroatoms. The molecule has 4 nitrogen and oxygen atoms in total. The zero-order chi connectivity index (χ0) is 12.4. The van der Waals surface area contributed by atoms with Gasteiger partial charge in [0, 0.05) is 25.8 Å². The maximum Gasteiger partial charge on any atom is 0.270 e. The first-order valence-electron chi connectivity index (χ1n) is 5.95. The molecule has 0 spiro atoms. The minimum Gasteiger partial charge on any atom is -0.391 e. The van der Waals surface area contributed by atoms with E-state index in [1.54, 1.807) is 17.2 Å². The van der Waals surface area contributed by atoms with Gasteiger partial charge in [-0.05, 0) is 25.8 Å². The van der Waals surface area contributed by atoms with Crippen molar-refractivity contribution in [2.75, 3.05) is 13.1 Å². The number of hydrogen-bond donors (Lipinski definition) is 1. The van der Waals surface area contributed by atoms with E-state index in [2.05, 4.69) is 0 Å². The Hall–Kier alpha value is -1.00. The Balaban J connectivity index is 2.18. The standard InChI is InChI=1S/C12H17ClN2O2/c1-2-14-7-9(13)6-11(14)12(17)15-5-3-4-10(16)8-15/h6-7,10,16H,2-5,8H2,1H3. The number of amides is 1. The zero-order valence-corrected chi connectivity index (χ0v) is 10.7. The van der Waals surface area contributed by atoms with Crippen LogP contribution in [0.4, 0.5) is 0 Å². The third-order valence-corrected chi connectivity index (χ3v) is 3.31. The number of carbonyl (C=O) groups is 1. The predicted molar refractivity (Wildman–Crippen MR) is 66.3 cm³/mol. The molecule has 2 rings (SSSR count). The number of likely N-dealkylation sites (tertiary alicyclic amines) is 1. The Labute approximate surface area is 106 Å². The van der Waals surface area contributed by atoms with Crippen molar-refractivity contribution in [3.8, 4) is 0 Å². The Morgan fingerprint density at radius 3 is 3.06 bits per heavy atom. The summed E-state index contributed by atoms with van der Waals surface area (Å²) >= 11 is 5.92. The fourth-order valence-corrected chi connectivity index (χ4v) is 2.44. The highest BCUT2D eigenvalue weighted by Gasteiger charge is 2.25. The van der Waals surface area contributed by atoms with Gasteiger partial charge in [0.1, 0.15) is 5.69 Å². The molecule has 1 saturated heterocycles.